The molecule has 1 N–H and O–H groups in total. The summed E-state index contributed by atoms with van der Waals surface area (Å²) in [5, 5.41) is 2.96. The highest BCUT2D eigenvalue weighted by atomic mass is 16.2. The van der Waals surface area contributed by atoms with E-state index in [4.69, 9.17) is 0 Å². The summed E-state index contributed by atoms with van der Waals surface area (Å²) in [6.07, 6.45) is 3.18. The molecule has 0 aliphatic heterocycles. The van der Waals surface area contributed by atoms with Crippen molar-refractivity contribution in [2.75, 3.05) is 21.1 Å². The van der Waals surface area contributed by atoms with E-state index in [9.17, 15) is 4.79 Å². The Labute approximate surface area is 143 Å². The van der Waals surface area contributed by atoms with Gasteiger partial charge in [-0.05, 0) is 38.2 Å². The molecule has 1 atom stereocenters. The molecule has 0 aliphatic rings. The van der Waals surface area contributed by atoms with E-state index in [0.29, 0.717) is 6.54 Å². The molecule has 0 bridgehead atoms. The third-order valence-corrected chi connectivity index (χ3v) is 3.87. The molecule has 0 spiro atoms. The van der Waals surface area contributed by atoms with Crippen LogP contribution >= 0.6 is 0 Å². The first kappa shape index (κ1) is 17.9. The number of aromatic nitrogens is 2. The Morgan fingerprint density at radius 2 is 1.96 bits per heavy atom. The van der Waals surface area contributed by atoms with Crippen molar-refractivity contribution >= 4 is 6.03 Å². The summed E-state index contributed by atoms with van der Waals surface area (Å²) in [6, 6.07) is 9.83. The van der Waals surface area contributed by atoms with E-state index in [1.165, 1.54) is 11.9 Å². The quantitative estimate of drug-likeness (QED) is 0.885. The second kappa shape index (κ2) is 8.40. The van der Waals surface area contributed by atoms with Gasteiger partial charge in [0.25, 0.3) is 0 Å². The van der Waals surface area contributed by atoms with Crippen molar-refractivity contribution in [2.24, 2.45) is 0 Å². The molecule has 2 aromatic rings. The first-order valence-corrected chi connectivity index (χ1v) is 7.96. The van der Waals surface area contributed by atoms with Gasteiger partial charge in [-0.15, -0.1) is 0 Å². The molecule has 24 heavy (non-hydrogen) atoms. The van der Waals surface area contributed by atoms with Gasteiger partial charge < -0.3 is 15.1 Å². The number of carbonyl (C=O) groups excluding carboxylic acids is 1. The third-order valence-electron chi connectivity index (χ3n) is 3.87. The molecule has 6 nitrogen and oxygen atoms in total. The molecule has 2 rings (SSSR count). The monoisotopic (exact) mass is 327 g/mol. The Hall–Kier alpha value is -2.47. The molecule has 2 amide bonds. The third kappa shape index (κ3) is 5.03. The van der Waals surface area contributed by atoms with Gasteiger partial charge in [0, 0.05) is 26.3 Å². The van der Waals surface area contributed by atoms with Crippen LogP contribution in [0.3, 0.4) is 0 Å². The predicted molar refractivity (Wildman–Crippen MR) is 94.3 cm³/mol. The van der Waals surface area contributed by atoms with Crippen LogP contribution in [0.25, 0.3) is 0 Å². The fourth-order valence-electron chi connectivity index (χ4n) is 2.43. The van der Waals surface area contributed by atoms with Crippen molar-refractivity contribution in [3.8, 4) is 0 Å². The van der Waals surface area contributed by atoms with Crippen LogP contribution in [0.5, 0.6) is 0 Å². The molecule has 1 heterocycles. The minimum Gasteiger partial charge on any atom is -0.334 e. The van der Waals surface area contributed by atoms with E-state index in [2.05, 4.69) is 32.3 Å². The maximum Gasteiger partial charge on any atom is 0.317 e. The van der Waals surface area contributed by atoms with Crippen LogP contribution in [0.15, 0.2) is 42.9 Å². The Morgan fingerprint density at radius 1 is 1.21 bits per heavy atom. The number of amides is 2. The van der Waals surface area contributed by atoms with E-state index in [1.54, 1.807) is 18.1 Å². The average molecular weight is 327 g/mol. The SMILES string of the molecule is C[C@H](c1ccncn1)N(C)C(=O)NCc1cccc(CN(C)C)c1. The normalized spacial score (nSPS) is 12.0. The standard InChI is InChI=1S/C18H25N5O/c1-14(17-8-9-19-13-21-17)23(4)18(24)20-11-15-6-5-7-16(10-15)12-22(2)3/h5-10,13-14H,11-12H2,1-4H3,(H,20,24)/t14-/m1/s1. The Morgan fingerprint density at radius 3 is 2.62 bits per heavy atom. The molecule has 1 aromatic heterocycles. The van der Waals surface area contributed by atoms with Gasteiger partial charge >= 0.3 is 6.03 Å². The molecule has 6 heteroatoms. The number of rotatable bonds is 6. The van der Waals surface area contributed by atoms with Crippen LogP contribution in [0, 0.1) is 0 Å². The van der Waals surface area contributed by atoms with E-state index in [0.717, 1.165) is 17.8 Å². The van der Waals surface area contributed by atoms with Crippen LogP contribution < -0.4 is 5.32 Å². The van der Waals surface area contributed by atoms with E-state index < -0.39 is 0 Å². The maximum absolute atomic E-state index is 12.4. The van der Waals surface area contributed by atoms with E-state index in [-0.39, 0.29) is 12.1 Å². The Bertz CT molecular complexity index is 659. The lowest BCUT2D eigenvalue weighted by Gasteiger charge is -2.24. The van der Waals surface area contributed by atoms with Crippen LogP contribution in [0.1, 0.15) is 29.8 Å². The summed E-state index contributed by atoms with van der Waals surface area (Å²) in [7, 11) is 5.85. The molecular weight excluding hydrogens is 302 g/mol. The number of hydrogen-bond acceptors (Lipinski definition) is 4. The first-order valence-electron chi connectivity index (χ1n) is 7.96. The summed E-state index contributed by atoms with van der Waals surface area (Å²) in [5.41, 5.74) is 3.14. The topological polar surface area (TPSA) is 61.4 Å². The largest absolute Gasteiger partial charge is 0.334 e. The zero-order chi connectivity index (χ0) is 17.5. The molecule has 0 aliphatic carbocycles. The second-order valence-electron chi connectivity index (χ2n) is 6.14. The molecule has 0 unspecified atom stereocenters. The van der Waals surface area contributed by atoms with E-state index in [1.807, 2.05) is 39.2 Å². The van der Waals surface area contributed by atoms with Crippen molar-refractivity contribution in [2.45, 2.75) is 26.1 Å². The highest BCUT2D eigenvalue weighted by Crippen LogP contribution is 2.15. The molecule has 0 saturated carbocycles. The highest BCUT2D eigenvalue weighted by molar-refractivity contribution is 5.74. The molecule has 128 valence electrons. The number of nitrogens with one attached hydrogen (secondary N) is 1. The van der Waals surface area contributed by atoms with Crippen molar-refractivity contribution in [1.82, 2.24) is 25.1 Å². The van der Waals surface area contributed by atoms with Gasteiger partial charge in [0.1, 0.15) is 6.33 Å². The number of urea groups is 1. The Kier molecular flexibility index (Phi) is 6.26. The van der Waals surface area contributed by atoms with Gasteiger partial charge in [-0.2, -0.15) is 0 Å². The minimum atomic E-state index is -0.126. The van der Waals surface area contributed by atoms with Crippen LogP contribution in [-0.4, -0.2) is 46.9 Å². The fourth-order valence-corrected chi connectivity index (χ4v) is 2.43. The molecular formula is C18H25N5O. The van der Waals surface area contributed by atoms with Crippen LogP contribution in [0.4, 0.5) is 4.79 Å². The van der Waals surface area contributed by atoms with Gasteiger partial charge in [-0.1, -0.05) is 24.3 Å². The van der Waals surface area contributed by atoms with Crippen molar-refractivity contribution in [3.63, 3.8) is 0 Å². The molecule has 0 fully saturated rings. The number of benzene rings is 1. The summed E-state index contributed by atoms with van der Waals surface area (Å²) in [5.74, 6) is 0. The first-order chi connectivity index (χ1) is 11.5. The summed E-state index contributed by atoms with van der Waals surface area (Å²) in [6.45, 7) is 3.33. The lowest BCUT2D eigenvalue weighted by Crippen LogP contribution is -2.38. The summed E-state index contributed by atoms with van der Waals surface area (Å²) >= 11 is 0. The van der Waals surface area contributed by atoms with Crippen molar-refractivity contribution < 1.29 is 4.79 Å². The van der Waals surface area contributed by atoms with Gasteiger partial charge in [0.05, 0.1) is 11.7 Å². The van der Waals surface area contributed by atoms with Gasteiger partial charge in [0.15, 0.2) is 0 Å². The lowest BCUT2D eigenvalue weighted by molar-refractivity contribution is 0.193. The highest BCUT2D eigenvalue weighted by Gasteiger charge is 2.17. The summed E-state index contributed by atoms with van der Waals surface area (Å²) in [4.78, 5) is 24.2. The number of hydrogen-bond donors (Lipinski definition) is 1. The van der Waals surface area contributed by atoms with Gasteiger partial charge in [0.2, 0.25) is 0 Å². The summed E-state index contributed by atoms with van der Waals surface area (Å²) < 4.78 is 0. The zero-order valence-corrected chi connectivity index (χ0v) is 14.7. The molecule has 1 aromatic carbocycles. The smallest absolute Gasteiger partial charge is 0.317 e. The Balaban J connectivity index is 1.93. The second-order valence-corrected chi connectivity index (χ2v) is 6.14. The average Bonchev–Trinajstić information content (AvgIpc) is 2.59. The number of carbonyl (C=O) groups is 1. The van der Waals surface area contributed by atoms with Crippen molar-refractivity contribution in [1.29, 1.82) is 0 Å². The molecule has 0 saturated heterocycles. The predicted octanol–water partition coefficient (Wildman–Crippen LogP) is 2.44. The lowest BCUT2D eigenvalue weighted by atomic mass is 10.1. The maximum atomic E-state index is 12.4. The molecule has 0 radical (unpaired) electrons. The van der Waals surface area contributed by atoms with Gasteiger partial charge in [-0.3, -0.25) is 0 Å². The fraction of sp³-hybridized carbons (Fsp3) is 0.389. The minimum absolute atomic E-state index is 0.118. The van der Waals surface area contributed by atoms with Crippen LogP contribution in [0.2, 0.25) is 0 Å². The number of nitrogens with zero attached hydrogens (tertiary/aromatic N) is 4. The van der Waals surface area contributed by atoms with Crippen LogP contribution in [-0.2, 0) is 13.1 Å². The van der Waals surface area contributed by atoms with Gasteiger partial charge in [-0.25, -0.2) is 14.8 Å². The zero-order valence-electron chi connectivity index (χ0n) is 14.7. The van der Waals surface area contributed by atoms with E-state index >= 15 is 0 Å². The van der Waals surface area contributed by atoms with Crippen molar-refractivity contribution in [3.05, 3.63) is 59.7 Å².